The predicted molar refractivity (Wildman–Crippen MR) is 188 cm³/mol. The zero-order chi connectivity index (χ0) is 33.5. The fraction of sp³-hybridized carbons (Fsp3) is 0.500. The average molecular weight is 673 g/mol. The molecule has 6 rings (SSSR count). The summed E-state index contributed by atoms with van der Waals surface area (Å²) < 4.78 is 12.9. The van der Waals surface area contributed by atoms with E-state index in [-0.39, 0.29) is 18.0 Å². The van der Waals surface area contributed by atoms with Gasteiger partial charge in [-0.2, -0.15) is 0 Å². The summed E-state index contributed by atoms with van der Waals surface area (Å²) in [7, 11) is 0. The van der Waals surface area contributed by atoms with Crippen molar-refractivity contribution >= 4 is 60.6 Å². The van der Waals surface area contributed by atoms with Crippen LogP contribution in [-0.4, -0.2) is 60.7 Å². The number of aromatic amines is 1. The number of carboxylic acids is 1. The van der Waals surface area contributed by atoms with Gasteiger partial charge < -0.3 is 24.9 Å². The minimum Gasteiger partial charge on any atom is -0.481 e. The molecular weight excluding hydrogens is 629 g/mol. The molecule has 1 aliphatic rings. The van der Waals surface area contributed by atoms with Crippen LogP contribution in [0.15, 0.2) is 30.9 Å². The number of hydrogen-bond acceptors (Lipinski definition) is 10. The molecule has 0 atom stereocenters. The van der Waals surface area contributed by atoms with E-state index in [9.17, 15) is 9.59 Å². The summed E-state index contributed by atoms with van der Waals surface area (Å²) in [4.78, 5) is 47.0. The van der Waals surface area contributed by atoms with E-state index in [1.54, 1.807) is 6.33 Å². The minimum atomic E-state index is -0.715. The van der Waals surface area contributed by atoms with Crippen LogP contribution in [0.1, 0.15) is 105 Å². The zero-order valence-corrected chi connectivity index (χ0v) is 28.6. The largest absolute Gasteiger partial charge is 0.481 e. The molecule has 0 amide bonds. The second-order valence-corrected chi connectivity index (χ2v) is 14.2. The Labute approximate surface area is 283 Å². The Morgan fingerprint density at radius 3 is 2.60 bits per heavy atom. The first-order valence-electron chi connectivity index (χ1n) is 17.1. The average Bonchev–Trinajstić information content (AvgIpc) is 3.68. The Hall–Kier alpha value is -4.16. The molecule has 0 spiro atoms. The molecular formula is C36H44N6O5S. The fourth-order valence-electron chi connectivity index (χ4n) is 6.37. The Morgan fingerprint density at radius 1 is 1.04 bits per heavy atom. The van der Waals surface area contributed by atoms with Gasteiger partial charge in [-0.25, -0.2) is 24.7 Å². The highest BCUT2D eigenvalue weighted by Crippen LogP contribution is 2.41. The third-order valence-electron chi connectivity index (χ3n) is 8.95. The SMILES string of the molecule is CC1(C)Cc2nc3sc4c(NCCc5ccc6[nH]cnc6c5)ncnc4c3c(C(=O)OCCCCCCCCCCCC(=O)O)c2CO1. The summed E-state index contributed by atoms with van der Waals surface area (Å²) in [6.45, 7) is 5.40. The molecule has 0 saturated carbocycles. The third kappa shape index (κ3) is 8.10. The van der Waals surface area contributed by atoms with Gasteiger partial charge in [0.1, 0.15) is 17.0 Å². The second-order valence-electron chi connectivity index (χ2n) is 13.2. The molecule has 0 radical (unpaired) electrons. The number of nitrogens with one attached hydrogen (secondary N) is 2. The van der Waals surface area contributed by atoms with Gasteiger partial charge in [0, 0.05) is 24.9 Å². The smallest absolute Gasteiger partial charge is 0.339 e. The van der Waals surface area contributed by atoms with Crippen molar-refractivity contribution in [3.63, 3.8) is 0 Å². The third-order valence-corrected chi connectivity index (χ3v) is 10.0. The van der Waals surface area contributed by atoms with Gasteiger partial charge in [0.25, 0.3) is 0 Å². The van der Waals surface area contributed by atoms with E-state index in [1.165, 1.54) is 23.2 Å². The number of esters is 1. The van der Waals surface area contributed by atoms with Gasteiger partial charge >= 0.3 is 11.9 Å². The normalized spacial score (nSPS) is 14.0. The molecule has 5 aromatic rings. The highest BCUT2D eigenvalue weighted by Gasteiger charge is 2.33. The molecule has 12 heteroatoms. The maximum absolute atomic E-state index is 13.8. The molecule has 0 aliphatic carbocycles. The number of pyridine rings is 1. The van der Waals surface area contributed by atoms with Gasteiger partial charge in [-0.05, 0) is 50.8 Å². The van der Waals surface area contributed by atoms with Gasteiger partial charge in [-0.3, -0.25) is 4.79 Å². The van der Waals surface area contributed by atoms with Gasteiger partial charge in [0.15, 0.2) is 0 Å². The zero-order valence-electron chi connectivity index (χ0n) is 27.8. The lowest BCUT2D eigenvalue weighted by Crippen LogP contribution is -2.33. The minimum absolute atomic E-state index is 0.262. The van der Waals surface area contributed by atoms with Gasteiger partial charge in [0.2, 0.25) is 0 Å². The summed E-state index contributed by atoms with van der Waals surface area (Å²) in [5.74, 6) is -0.351. The molecule has 5 heterocycles. The van der Waals surface area contributed by atoms with Gasteiger partial charge in [0.05, 0.1) is 63.0 Å². The van der Waals surface area contributed by atoms with E-state index in [0.29, 0.717) is 42.6 Å². The van der Waals surface area contributed by atoms with Crippen LogP contribution in [0.25, 0.3) is 31.5 Å². The molecule has 1 aliphatic heterocycles. The van der Waals surface area contributed by atoms with Crippen LogP contribution in [-0.2, 0) is 33.7 Å². The first-order chi connectivity index (χ1) is 23.3. The molecule has 254 valence electrons. The molecule has 48 heavy (non-hydrogen) atoms. The van der Waals surface area contributed by atoms with Crippen LogP contribution in [0.5, 0.6) is 0 Å². The number of thiophene rings is 1. The van der Waals surface area contributed by atoms with Crippen molar-refractivity contribution in [2.24, 2.45) is 0 Å². The maximum Gasteiger partial charge on any atom is 0.339 e. The van der Waals surface area contributed by atoms with Crippen molar-refractivity contribution in [3.05, 3.63) is 53.2 Å². The van der Waals surface area contributed by atoms with Crippen molar-refractivity contribution in [1.29, 1.82) is 0 Å². The van der Waals surface area contributed by atoms with Gasteiger partial charge in [-0.1, -0.05) is 51.0 Å². The highest BCUT2D eigenvalue weighted by molar-refractivity contribution is 7.26. The number of unbranched alkanes of at least 4 members (excludes halogenated alkanes) is 8. The van der Waals surface area contributed by atoms with E-state index >= 15 is 0 Å². The Kier molecular flexibility index (Phi) is 10.8. The number of rotatable bonds is 17. The molecule has 0 saturated heterocycles. The van der Waals surface area contributed by atoms with Crippen LogP contribution >= 0.6 is 11.3 Å². The van der Waals surface area contributed by atoms with E-state index in [2.05, 4.69) is 37.4 Å². The summed E-state index contributed by atoms with van der Waals surface area (Å²) in [5.41, 5.74) is 5.62. The second kappa shape index (κ2) is 15.4. The van der Waals surface area contributed by atoms with Crippen molar-refractivity contribution in [3.8, 4) is 0 Å². The fourth-order valence-corrected chi connectivity index (χ4v) is 7.50. The van der Waals surface area contributed by atoms with E-state index in [0.717, 1.165) is 102 Å². The maximum atomic E-state index is 13.8. The molecule has 0 bridgehead atoms. The number of imidazole rings is 1. The van der Waals surface area contributed by atoms with E-state index in [4.69, 9.17) is 19.6 Å². The number of aromatic nitrogens is 5. The summed E-state index contributed by atoms with van der Waals surface area (Å²) in [5, 5.41) is 12.9. The number of anilines is 1. The lowest BCUT2D eigenvalue weighted by atomic mass is 9.92. The summed E-state index contributed by atoms with van der Waals surface area (Å²) >= 11 is 1.50. The molecule has 0 unspecified atom stereocenters. The van der Waals surface area contributed by atoms with E-state index in [1.807, 2.05) is 19.9 Å². The van der Waals surface area contributed by atoms with Gasteiger partial charge in [-0.15, -0.1) is 11.3 Å². The molecule has 0 fully saturated rings. The highest BCUT2D eigenvalue weighted by atomic mass is 32.1. The van der Waals surface area contributed by atoms with Crippen LogP contribution in [0.2, 0.25) is 0 Å². The summed E-state index contributed by atoms with van der Waals surface area (Å²) in [6, 6.07) is 6.24. The van der Waals surface area contributed by atoms with Crippen LogP contribution < -0.4 is 5.32 Å². The number of carbonyl (C=O) groups excluding carboxylic acids is 1. The first-order valence-corrected chi connectivity index (χ1v) is 17.9. The van der Waals surface area contributed by atoms with Crippen LogP contribution in [0.4, 0.5) is 5.82 Å². The molecule has 1 aromatic carbocycles. The number of carboxylic acid groups (broad SMARTS) is 1. The monoisotopic (exact) mass is 672 g/mol. The Morgan fingerprint density at radius 2 is 1.81 bits per heavy atom. The molecule has 11 nitrogen and oxygen atoms in total. The predicted octanol–water partition coefficient (Wildman–Crippen LogP) is 7.76. The number of aliphatic carboxylic acids is 1. The van der Waals surface area contributed by atoms with Crippen molar-refractivity contribution in [2.75, 3.05) is 18.5 Å². The molecule has 3 N–H and O–H groups in total. The number of H-pyrrole nitrogens is 1. The standard InChI is InChI=1S/C36H44N6O5S/c1-36(2)19-27-24(20-47-36)29(35(45)46-17-11-9-7-5-3-4-6-8-10-12-28(43)44)30-31-32(48-34(30)42-27)33(41-22-40-31)37-16-15-23-13-14-25-26(18-23)39-21-38-25/h13-14,18,21-22H,3-12,15-17,19-20H2,1-2H3,(H,38,39)(H,43,44)(H,37,40,41). The first kappa shape index (κ1) is 33.7. The van der Waals surface area contributed by atoms with E-state index < -0.39 is 5.97 Å². The Balaban J connectivity index is 1.12. The lowest BCUT2D eigenvalue weighted by molar-refractivity contribution is -0.137. The number of nitrogens with zero attached hydrogens (tertiary/aromatic N) is 4. The van der Waals surface area contributed by atoms with Crippen molar-refractivity contribution < 1.29 is 24.2 Å². The van der Waals surface area contributed by atoms with Crippen LogP contribution in [0.3, 0.4) is 0 Å². The Bertz CT molecular complexity index is 1900. The quantitative estimate of drug-likeness (QED) is 0.0660. The summed E-state index contributed by atoms with van der Waals surface area (Å²) in [6.07, 6.45) is 14.0. The molecule has 4 aromatic heterocycles. The lowest BCUT2D eigenvalue weighted by Gasteiger charge is -2.32. The van der Waals surface area contributed by atoms with Crippen LogP contribution in [0, 0.1) is 0 Å². The number of carbonyl (C=O) groups is 2. The van der Waals surface area contributed by atoms with Crippen molar-refractivity contribution in [2.45, 2.75) is 103 Å². The number of fused-ring (bicyclic) bond motifs is 5. The van der Waals surface area contributed by atoms with Crippen molar-refractivity contribution in [1.82, 2.24) is 24.9 Å². The topological polar surface area (TPSA) is 152 Å². The number of benzene rings is 1. The number of hydrogen-bond donors (Lipinski definition) is 3. The number of ether oxygens (including phenoxy) is 2.